The highest BCUT2D eigenvalue weighted by molar-refractivity contribution is 7.15. The summed E-state index contributed by atoms with van der Waals surface area (Å²) in [5, 5.41) is 6.30. The van der Waals surface area contributed by atoms with Gasteiger partial charge >= 0.3 is 0 Å². The molecule has 1 aromatic heterocycles. The van der Waals surface area contributed by atoms with Crippen LogP contribution in [0.4, 0.5) is 15.2 Å². The van der Waals surface area contributed by atoms with E-state index in [9.17, 15) is 9.18 Å². The summed E-state index contributed by atoms with van der Waals surface area (Å²) in [7, 11) is 0. The number of halogens is 1. The second kappa shape index (κ2) is 9.14. The molecule has 140 valence electrons. The first kappa shape index (κ1) is 18.8. The van der Waals surface area contributed by atoms with Crippen LogP contribution in [0.15, 0.2) is 54.7 Å². The molecule has 2 N–H and O–H groups in total. The second-order valence-corrected chi connectivity index (χ2v) is 6.87. The van der Waals surface area contributed by atoms with Gasteiger partial charge in [-0.15, -0.1) is 11.3 Å². The van der Waals surface area contributed by atoms with Crippen molar-refractivity contribution < 1.29 is 13.9 Å². The Morgan fingerprint density at radius 1 is 1.19 bits per heavy atom. The number of nitrogens with one attached hydrogen (secondary N) is 2. The van der Waals surface area contributed by atoms with Crippen molar-refractivity contribution in [3.63, 3.8) is 0 Å². The van der Waals surface area contributed by atoms with Crippen molar-refractivity contribution in [1.29, 1.82) is 0 Å². The number of ether oxygens (including phenoxy) is 1. The first-order valence-corrected chi connectivity index (χ1v) is 9.40. The number of carbonyl (C=O) groups is 1. The minimum Gasteiger partial charge on any atom is -0.494 e. The van der Waals surface area contributed by atoms with E-state index in [0.717, 1.165) is 16.3 Å². The fraction of sp³-hybridized carbons (Fsp3) is 0.200. The van der Waals surface area contributed by atoms with E-state index in [0.29, 0.717) is 23.7 Å². The van der Waals surface area contributed by atoms with Crippen LogP contribution in [0, 0.1) is 5.82 Å². The predicted octanol–water partition coefficient (Wildman–Crippen LogP) is 4.32. The molecule has 3 rings (SSSR count). The Bertz CT molecular complexity index is 896. The van der Waals surface area contributed by atoms with Crippen molar-refractivity contribution >= 4 is 28.1 Å². The Morgan fingerprint density at radius 3 is 2.70 bits per heavy atom. The van der Waals surface area contributed by atoms with Crippen LogP contribution in [0.3, 0.4) is 0 Å². The maximum absolute atomic E-state index is 13.7. The molecule has 2 aromatic carbocycles. The van der Waals surface area contributed by atoms with Gasteiger partial charge < -0.3 is 15.4 Å². The zero-order chi connectivity index (χ0) is 19.1. The van der Waals surface area contributed by atoms with Crippen LogP contribution in [-0.4, -0.2) is 24.0 Å². The van der Waals surface area contributed by atoms with Crippen molar-refractivity contribution in [2.24, 2.45) is 0 Å². The van der Waals surface area contributed by atoms with Crippen LogP contribution in [-0.2, 0) is 11.2 Å². The zero-order valence-corrected chi connectivity index (χ0v) is 15.7. The molecule has 0 spiro atoms. The molecule has 27 heavy (non-hydrogen) atoms. The van der Waals surface area contributed by atoms with E-state index in [2.05, 4.69) is 15.6 Å². The molecular formula is C20H20FN3O2S. The van der Waals surface area contributed by atoms with E-state index in [-0.39, 0.29) is 18.3 Å². The van der Waals surface area contributed by atoms with E-state index < -0.39 is 0 Å². The number of amides is 1. The summed E-state index contributed by atoms with van der Waals surface area (Å²) < 4.78 is 19.1. The molecule has 1 amide bonds. The van der Waals surface area contributed by atoms with Gasteiger partial charge in [0, 0.05) is 23.2 Å². The molecule has 0 atom stereocenters. The van der Waals surface area contributed by atoms with Gasteiger partial charge in [-0.1, -0.05) is 18.2 Å². The summed E-state index contributed by atoms with van der Waals surface area (Å²) in [5.41, 5.74) is 1.43. The fourth-order valence-electron chi connectivity index (χ4n) is 2.46. The van der Waals surface area contributed by atoms with Crippen molar-refractivity contribution in [1.82, 2.24) is 4.98 Å². The third kappa shape index (κ3) is 5.52. The normalized spacial score (nSPS) is 10.4. The van der Waals surface area contributed by atoms with Gasteiger partial charge in [0.2, 0.25) is 5.91 Å². The number of hydrogen-bond donors (Lipinski definition) is 2. The molecule has 3 aromatic rings. The molecule has 0 aliphatic rings. The smallest absolute Gasteiger partial charge is 0.245 e. The predicted molar refractivity (Wildman–Crippen MR) is 106 cm³/mol. The second-order valence-electron chi connectivity index (χ2n) is 5.76. The maximum Gasteiger partial charge on any atom is 0.245 e. The van der Waals surface area contributed by atoms with E-state index in [1.54, 1.807) is 24.4 Å². The molecule has 0 radical (unpaired) electrons. The molecule has 0 saturated heterocycles. The average Bonchev–Trinajstić information content (AvgIpc) is 3.10. The lowest BCUT2D eigenvalue weighted by molar-refractivity contribution is -0.114. The van der Waals surface area contributed by atoms with Crippen LogP contribution < -0.4 is 15.4 Å². The van der Waals surface area contributed by atoms with E-state index in [1.165, 1.54) is 17.4 Å². The number of hydrogen-bond acceptors (Lipinski definition) is 5. The number of carbonyl (C=O) groups excluding carboxylic acids is 1. The Hall–Kier alpha value is -2.93. The van der Waals surface area contributed by atoms with Gasteiger partial charge in [0.05, 0.1) is 13.2 Å². The molecule has 0 saturated carbocycles. The molecular weight excluding hydrogens is 365 g/mol. The van der Waals surface area contributed by atoms with Crippen molar-refractivity contribution in [3.8, 4) is 5.75 Å². The summed E-state index contributed by atoms with van der Waals surface area (Å²) >= 11 is 1.34. The maximum atomic E-state index is 13.7. The lowest BCUT2D eigenvalue weighted by Crippen LogP contribution is -2.21. The van der Waals surface area contributed by atoms with Crippen molar-refractivity contribution in [2.45, 2.75) is 13.3 Å². The average molecular weight is 385 g/mol. The Kier molecular flexibility index (Phi) is 6.38. The van der Waals surface area contributed by atoms with Crippen LogP contribution in [0.5, 0.6) is 5.75 Å². The van der Waals surface area contributed by atoms with Gasteiger partial charge in [-0.25, -0.2) is 9.37 Å². The molecule has 0 fully saturated rings. The fourth-order valence-corrected chi connectivity index (χ4v) is 3.31. The van der Waals surface area contributed by atoms with Gasteiger partial charge in [0.25, 0.3) is 0 Å². The highest BCUT2D eigenvalue weighted by Crippen LogP contribution is 2.22. The quantitative estimate of drug-likeness (QED) is 0.606. The minimum absolute atomic E-state index is 0.121. The standard InChI is InChI=1S/C20H20FN3O2S/c1-2-26-16-9-7-15(8-10-16)22-13-19(25)24-20-23-12-17(27-20)11-14-5-3-4-6-18(14)21/h3-10,12,22H,2,11,13H2,1H3,(H,23,24,25). The third-order valence-electron chi connectivity index (χ3n) is 3.74. The van der Waals surface area contributed by atoms with Crippen LogP contribution in [0.25, 0.3) is 0 Å². The molecule has 0 aliphatic heterocycles. The van der Waals surface area contributed by atoms with Gasteiger partial charge in [-0.05, 0) is 42.8 Å². The molecule has 0 aliphatic carbocycles. The monoisotopic (exact) mass is 385 g/mol. The first-order chi connectivity index (χ1) is 13.1. The highest BCUT2D eigenvalue weighted by Gasteiger charge is 2.09. The van der Waals surface area contributed by atoms with Crippen molar-refractivity contribution in [3.05, 3.63) is 71.0 Å². The van der Waals surface area contributed by atoms with Crippen LogP contribution >= 0.6 is 11.3 Å². The summed E-state index contributed by atoms with van der Waals surface area (Å²) in [5.74, 6) is 0.351. The largest absolute Gasteiger partial charge is 0.494 e. The summed E-state index contributed by atoms with van der Waals surface area (Å²) in [4.78, 5) is 17.2. The van der Waals surface area contributed by atoms with Gasteiger partial charge in [0.1, 0.15) is 11.6 Å². The van der Waals surface area contributed by atoms with Gasteiger partial charge in [0.15, 0.2) is 5.13 Å². The Labute approximate surface area is 161 Å². The molecule has 7 heteroatoms. The molecule has 0 unspecified atom stereocenters. The summed E-state index contributed by atoms with van der Waals surface area (Å²) in [6, 6.07) is 14.0. The third-order valence-corrected chi connectivity index (χ3v) is 4.65. The summed E-state index contributed by atoms with van der Waals surface area (Å²) in [6.07, 6.45) is 2.11. The van der Waals surface area contributed by atoms with E-state index in [4.69, 9.17) is 4.74 Å². The van der Waals surface area contributed by atoms with Gasteiger partial charge in [-0.3, -0.25) is 4.79 Å². The van der Waals surface area contributed by atoms with Crippen LogP contribution in [0.1, 0.15) is 17.4 Å². The number of benzene rings is 2. The summed E-state index contributed by atoms with van der Waals surface area (Å²) in [6.45, 7) is 2.66. The number of thiazole rings is 1. The van der Waals surface area contributed by atoms with E-state index >= 15 is 0 Å². The SMILES string of the molecule is CCOc1ccc(NCC(=O)Nc2ncc(Cc3ccccc3F)s2)cc1. The number of rotatable bonds is 8. The Morgan fingerprint density at radius 2 is 1.96 bits per heavy atom. The van der Waals surface area contributed by atoms with Gasteiger partial charge in [-0.2, -0.15) is 0 Å². The Balaban J connectivity index is 1.49. The van der Waals surface area contributed by atoms with Crippen LogP contribution in [0.2, 0.25) is 0 Å². The van der Waals surface area contributed by atoms with E-state index in [1.807, 2.05) is 31.2 Å². The molecule has 5 nitrogen and oxygen atoms in total. The molecule has 1 heterocycles. The number of anilines is 2. The lowest BCUT2D eigenvalue weighted by Gasteiger charge is -2.07. The highest BCUT2D eigenvalue weighted by atomic mass is 32.1. The molecule has 0 bridgehead atoms. The number of nitrogens with zero attached hydrogens (tertiary/aromatic N) is 1. The minimum atomic E-state index is -0.240. The lowest BCUT2D eigenvalue weighted by atomic mass is 10.1. The zero-order valence-electron chi connectivity index (χ0n) is 14.9. The topological polar surface area (TPSA) is 63.2 Å². The van der Waals surface area contributed by atoms with Crippen molar-refractivity contribution in [2.75, 3.05) is 23.8 Å². The first-order valence-electron chi connectivity index (χ1n) is 8.58. The number of aromatic nitrogens is 1.